The van der Waals surface area contributed by atoms with Crippen LogP contribution in [-0.2, 0) is 19.3 Å². The number of halogens is 1. The number of nitrogens with one attached hydrogen (secondary N) is 1. The maximum absolute atomic E-state index is 12.6. The highest BCUT2D eigenvalue weighted by molar-refractivity contribution is 6.30. The van der Waals surface area contributed by atoms with E-state index in [-0.39, 0.29) is 5.91 Å². The van der Waals surface area contributed by atoms with Crippen molar-refractivity contribution in [2.24, 2.45) is 0 Å². The van der Waals surface area contributed by atoms with Crippen LogP contribution in [-0.4, -0.2) is 27.0 Å². The highest BCUT2D eigenvalue weighted by Gasteiger charge is 2.18. The van der Waals surface area contributed by atoms with Gasteiger partial charge in [-0.2, -0.15) is 5.10 Å². The molecular weight excluding hydrogens is 360 g/mol. The molecule has 0 unspecified atom stereocenters. The molecule has 6 heteroatoms. The van der Waals surface area contributed by atoms with E-state index in [1.165, 1.54) is 30.5 Å². The van der Waals surface area contributed by atoms with Crippen LogP contribution in [0.25, 0.3) is 5.65 Å². The fourth-order valence-corrected chi connectivity index (χ4v) is 3.80. The Balaban J connectivity index is 1.48. The van der Waals surface area contributed by atoms with Gasteiger partial charge in [-0.15, -0.1) is 0 Å². The first kappa shape index (κ1) is 18.0. The van der Waals surface area contributed by atoms with Gasteiger partial charge in [0, 0.05) is 23.5 Å². The van der Waals surface area contributed by atoms with Crippen molar-refractivity contribution in [1.29, 1.82) is 0 Å². The van der Waals surface area contributed by atoms with Crippen LogP contribution >= 0.6 is 11.6 Å². The molecule has 1 amide bonds. The van der Waals surface area contributed by atoms with Crippen molar-refractivity contribution in [3.63, 3.8) is 0 Å². The van der Waals surface area contributed by atoms with Crippen LogP contribution in [0.1, 0.15) is 52.9 Å². The Kier molecular flexibility index (Phi) is 5.39. The predicted molar refractivity (Wildman–Crippen MR) is 106 cm³/mol. The average Bonchev–Trinajstić information content (AvgIpc) is 3.08. The number of aromatic nitrogens is 3. The van der Waals surface area contributed by atoms with Crippen LogP contribution in [0.3, 0.4) is 0 Å². The number of carbonyl (C=O) groups excluding carboxylic acids is 1. The molecule has 0 bridgehead atoms. The third-order valence-electron chi connectivity index (χ3n) is 5.18. The number of nitrogens with zero attached hydrogens (tertiary/aromatic N) is 3. The van der Waals surface area contributed by atoms with Crippen molar-refractivity contribution in [3.05, 3.63) is 64.1 Å². The van der Waals surface area contributed by atoms with E-state index < -0.39 is 0 Å². The van der Waals surface area contributed by atoms with Crippen molar-refractivity contribution in [2.45, 2.75) is 44.9 Å². The van der Waals surface area contributed by atoms with Crippen LogP contribution in [0.5, 0.6) is 0 Å². The van der Waals surface area contributed by atoms with Crippen LogP contribution in [0, 0.1) is 0 Å². The van der Waals surface area contributed by atoms with Gasteiger partial charge in [0.15, 0.2) is 5.65 Å². The molecule has 1 aliphatic carbocycles. The van der Waals surface area contributed by atoms with E-state index in [0.29, 0.717) is 17.8 Å². The Morgan fingerprint density at radius 2 is 1.85 bits per heavy atom. The third kappa shape index (κ3) is 3.98. The summed E-state index contributed by atoms with van der Waals surface area (Å²) < 4.78 is 1.87. The Labute approximate surface area is 163 Å². The number of fused-ring (bicyclic) bond motifs is 3. The maximum Gasteiger partial charge on any atom is 0.256 e. The lowest BCUT2D eigenvalue weighted by molar-refractivity contribution is 0.0955. The number of rotatable bonds is 4. The summed E-state index contributed by atoms with van der Waals surface area (Å²) in [7, 11) is 0. The number of carbonyl (C=O) groups is 1. The molecule has 0 spiro atoms. The summed E-state index contributed by atoms with van der Waals surface area (Å²) in [5, 5.41) is 8.18. The minimum absolute atomic E-state index is 0.128. The van der Waals surface area contributed by atoms with Gasteiger partial charge in [0.05, 0.1) is 6.20 Å². The summed E-state index contributed by atoms with van der Waals surface area (Å²) >= 11 is 5.90. The molecular formula is C21H23ClN4O. The summed E-state index contributed by atoms with van der Waals surface area (Å²) in [5.74, 6) is -0.128. The molecule has 0 saturated carbocycles. The molecule has 1 aliphatic rings. The molecule has 0 fully saturated rings. The van der Waals surface area contributed by atoms with E-state index in [1.54, 1.807) is 6.20 Å². The molecule has 1 aromatic carbocycles. The molecule has 0 aliphatic heterocycles. The van der Waals surface area contributed by atoms with Crippen molar-refractivity contribution >= 4 is 23.2 Å². The van der Waals surface area contributed by atoms with E-state index in [9.17, 15) is 4.79 Å². The molecule has 0 atom stereocenters. The molecule has 140 valence electrons. The van der Waals surface area contributed by atoms with Gasteiger partial charge < -0.3 is 5.32 Å². The standard InChI is InChI=1S/C21H23ClN4O/c22-17-9-7-15(8-10-17)11-12-23-21(27)18-14-25-26-19-6-4-2-1-3-5-16(19)13-24-20(18)26/h7-10,13-14H,1-6,11-12H2,(H,23,27). The normalized spacial score (nSPS) is 14.4. The fraction of sp³-hybridized carbons (Fsp3) is 0.381. The highest BCUT2D eigenvalue weighted by Crippen LogP contribution is 2.21. The Morgan fingerprint density at radius 3 is 2.67 bits per heavy atom. The Hall–Kier alpha value is -2.40. The molecule has 1 N–H and O–H groups in total. The van der Waals surface area contributed by atoms with E-state index in [1.807, 2.05) is 35.0 Å². The van der Waals surface area contributed by atoms with Crippen molar-refractivity contribution < 1.29 is 4.79 Å². The third-order valence-corrected chi connectivity index (χ3v) is 5.43. The lowest BCUT2D eigenvalue weighted by Gasteiger charge is -2.14. The minimum Gasteiger partial charge on any atom is -0.352 e. The van der Waals surface area contributed by atoms with Gasteiger partial charge in [-0.3, -0.25) is 4.79 Å². The van der Waals surface area contributed by atoms with Crippen LogP contribution in [0.4, 0.5) is 0 Å². The summed E-state index contributed by atoms with van der Waals surface area (Å²) in [6, 6.07) is 7.68. The Morgan fingerprint density at radius 1 is 1.07 bits per heavy atom. The lowest BCUT2D eigenvalue weighted by Crippen LogP contribution is -2.25. The van der Waals surface area contributed by atoms with Gasteiger partial charge in [0.25, 0.3) is 5.91 Å². The van der Waals surface area contributed by atoms with Crippen molar-refractivity contribution in [2.75, 3.05) is 6.54 Å². The zero-order valence-electron chi connectivity index (χ0n) is 15.2. The van der Waals surface area contributed by atoms with Gasteiger partial charge in [-0.05, 0) is 55.4 Å². The largest absolute Gasteiger partial charge is 0.352 e. The molecule has 5 nitrogen and oxygen atoms in total. The second kappa shape index (κ2) is 8.09. The van der Waals surface area contributed by atoms with Crippen LogP contribution in [0.2, 0.25) is 5.02 Å². The first-order valence-corrected chi connectivity index (χ1v) is 9.97. The first-order valence-electron chi connectivity index (χ1n) is 9.59. The first-order chi connectivity index (χ1) is 13.2. The van der Waals surface area contributed by atoms with Crippen LogP contribution in [0.15, 0.2) is 36.7 Å². The summed E-state index contributed by atoms with van der Waals surface area (Å²) in [5.41, 5.74) is 4.80. The fourth-order valence-electron chi connectivity index (χ4n) is 3.68. The number of benzene rings is 1. The molecule has 3 aromatic rings. The van der Waals surface area contributed by atoms with Crippen molar-refractivity contribution in [3.8, 4) is 0 Å². The molecule has 2 aromatic heterocycles. The van der Waals surface area contributed by atoms with Crippen molar-refractivity contribution in [1.82, 2.24) is 19.9 Å². The summed E-state index contributed by atoms with van der Waals surface area (Å²) in [6.45, 7) is 0.558. The highest BCUT2D eigenvalue weighted by atomic mass is 35.5. The SMILES string of the molecule is O=C(NCCc1ccc(Cl)cc1)c1cnn2c3c(cnc12)CCCCCC3. The van der Waals surface area contributed by atoms with Gasteiger partial charge >= 0.3 is 0 Å². The van der Waals surface area contributed by atoms with Gasteiger partial charge in [0.2, 0.25) is 0 Å². The Bertz CT molecular complexity index is 949. The molecule has 0 saturated heterocycles. The van der Waals surface area contributed by atoms with E-state index >= 15 is 0 Å². The monoisotopic (exact) mass is 382 g/mol. The molecule has 2 heterocycles. The second-order valence-corrected chi connectivity index (χ2v) is 7.51. The number of hydrogen-bond donors (Lipinski definition) is 1. The minimum atomic E-state index is -0.128. The average molecular weight is 383 g/mol. The number of aryl methyl sites for hydroxylation is 2. The summed E-state index contributed by atoms with van der Waals surface area (Å²) in [4.78, 5) is 17.2. The zero-order chi connectivity index (χ0) is 18.6. The van der Waals surface area contributed by atoms with Gasteiger partial charge in [-0.1, -0.05) is 36.6 Å². The molecule has 4 rings (SSSR count). The molecule has 27 heavy (non-hydrogen) atoms. The van der Waals surface area contributed by atoms with Gasteiger partial charge in [0.1, 0.15) is 5.56 Å². The maximum atomic E-state index is 12.6. The quantitative estimate of drug-likeness (QED) is 0.741. The molecule has 0 radical (unpaired) electrons. The van der Waals surface area contributed by atoms with E-state index in [0.717, 1.165) is 36.3 Å². The topological polar surface area (TPSA) is 59.3 Å². The van der Waals surface area contributed by atoms with Crippen LogP contribution < -0.4 is 5.32 Å². The lowest BCUT2D eigenvalue weighted by atomic mass is 9.98. The predicted octanol–water partition coefficient (Wildman–Crippen LogP) is 4.01. The second-order valence-electron chi connectivity index (χ2n) is 7.07. The smallest absolute Gasteiger partial charge is 0.256 e. The van der Waals surface area contributed by atoms with E-state index in [4.69, 9.17) is 11.6 Å². The van der Waals surface area contributed by atoms with Gasteiger partial charge in [-0.25, -0.2) is 9.50 Å². The number of amides is 1. The number of hydrogen-bond acceptors (Lipinski definition) is 3. The van der Waals surface area contributed by atoms with E-state index in [2.05, 4.69) is 15.4 Å². The summed E-state index contributed by atoms with van der Waals surface area (Å²) in [6.07, 6.45) is 11.2. The zero-order valence-corrected chi connectivity index (χ0v) is 16.0.